The quantitative estimate of drug-likeness (QED) is 0.445. The van der Waals surface area contributed by atoms with Crippen molar-refractivity contribution in [2.45, 2.75) is 6.04 Å². The number of rotatable bonds is 6. The van der Waals surface area contributed by atoms with Gasteiger partial charge in [-0.1, -0.05) is 18.2 Å². The fraction of sp³-hybridized carbons (Fsp3) is 0.125. The van der Waals surface area contributed by atoms with Gasteiger partial charge in [0.15, 0.2) is 5.76 Å². The van der Waals surface area contributed by atoms with Crippen LogP contribution in [0.25, 0.3) is 0 Å². The Balaban J connectivity index is 1.82. The monoisotopic (exact) mass is 449 g/mol. The minimum atomic E-state index is -0.855. The van der Waals surface area contributed by atoms with Crippen LogP contribution in [-0.2, 0) is 9.53 Å². The van der Waals surface area contributed by atoms with Crippen LogP contribution in [0.5, 0.6) is 5.75 Å². The largest absolute Gasteiger partial charge is 0.503 e. The van der Waals surface area contributed by atoms with Crippen LogP contribution >= 0.6 is 11.3 Å². The molecule has 162 valence electrons. The zero-order valence-electron chi connectivity index (χ0n) is 17.3. The second-order valence-electron chi connectivity index (χ2n) is 6.96. The van der Waals surface area contributed by atoms with E-state index in [1.165, 1.54) is 35.5 Å². The first-order chi connectivity index (χ1) is 15.5. The summed E-state index contributed by atoms with van der Waals surface area (Å²) in [4.78, 5) is 39.9. The predicted octanol–water partition coefficient (Wildman–Crippen LogP) is 4.33. The van der Waals surface area contributed by atoms with Gasteiger partial charge in [0.05, 0.1) is 36.3 Å². The number of benzene rings is 2. The van der Waals surface area contributed by atoms with Crippen LogP contribution in [0.4, 0.5) is 5.69 Å². The smallest absolute Gasteiger partial charge is 0.337 e. The summed E-state index contributed by atoms with van der Waals surface area (Å²) >= 11 is 1.23. The molecule has 0 aliphatic carbocycles. The predicted molar refractivity (Wildman–Crippen MR) is 119 cm³/mol. The van der Waals surface area contributed by atoms with Gasteiger partial charge in [0.1, 0.15) is 5.75 Å². The summed E-state index contributed by atoms with van der Waals surface area (Å²) in [5.74, 6) is -1.60. The number of hydrogen-bond donors (Lipinski definition) is 1. The van der Waals surface area contributed by atoms with Gasteiger partial charge in [-0.05, 0) is 53.4 Å². The summed E-state index contributed by atoms with van der Waals surface area (Å²) in [6.45, 7) is 0. The topological polar surface area (TPSA) is 93.1 Å². The Labute approximate surface area is 188 Å². The van der Waals surface area contributed by atoms with Gasteiger partial charge in [-0.25, -0.2) is 4.79 Å². The summed E-state index contributed by atoms with van der Waals surface area (Å²) in [6.07, 6.45) is 0. The number of aliphatic hydroxyl groups is 1. The van der Waals surface area contributed by atoms with Crippen molar-refractivity contribution in [3.8, 4) is 5.75 Å². The normalized spacial score (nSPS) is 15.8. The lowest BCUT2D eigenvalue weighted by molar-refractivity contribution is -0.117. The van der Waals surface area contributed by atoms with Crippen LogP contribution < -0.4 is 9.64 Å². The molecule has 1 atom stereocenters. The molecule has 4 rings (SSSR count). The molecule has 32 heavy (non-hydrogen) atoms. The third-order valence-corrected chi connectivity index (χ3v) is 6.06. The molecule has 0 radical (unpaired) electrons. The van der Waals surface area contributed by atoms with E-state index < -0.39 is 29.5 Å². The first kappa shape index (κ1) is 21.3. The number of aliphatic hydroxyl groups excluding tert-OH is 1. The molecule has 1 aliphatic heterocycles. The SMILES string of the molecule is COC(=O)c1ccc(N2C(=O)C(O)=C(C(=O)c3cccs3)C2c2ccc(OC)cc2)cc1. The first-order valence-electron chi connectivity index (χ1n) is 9.63. The van der Waals surface area contributed by atoms with E-state index in [9.17, 15) is 19.5 Å². The van der Waals surface area contributed by atoms with Crippen molar-refractivity contribution < 1.29 is 29.0 Å². The molecule has 2 aromatic carbocycles. The fourth-order valence-electron chi connectivity index (χ4n) is 3.62. The highest BCUT2D eigenvalue weighted by Crippen LogP contribution is 2.42. The Hall–Kier alpha value is -3.91. The summed E-state index contributed by atoms with van der Waals surface area (Å²) in [7, 11) is 2.82. The van der Waals surface area contributed by atoms with E-state index in [4.69, 9.17) is 9.47 Å². The zero-order valence-corrected chi connectivity index (χ0v) is 18.1. The van der Waals surface area contributed by atoms with E-state index >= 15 is 0 Å². The van der Waals surface area contributed by atoms with Crippen LogP contribution in [0.15, 0.2) is 77.4 Å². The third-order valence-electron chi connectivity index (χ3n) is 5.20. The molecule has 0 saturated carbocycles. The highest BCUT2D eigenvalue weighted by Gasteiger charge is 2.44. The number of ether oxygens (including phenoxy) is 2. The van der Waals surface area contributed by atoms with Crippen LogP contribution in [0.1, 0.15) is 31.6 Å². The van der Waals surface area contributed by atoms with Gasteiger partial charge in [0.25, 0.3) is 5.91 Å². The number of carbonyl (C=O) groups is 3. The standard InChI is InChI=1S/C24H19NO6S/c1-30-17-11-7-14(8-12-17)20-19(21(26)18-4-3-13-32-18)22(27)23(28)25(20)16-9-5-15(6-10-16)24(29)31-2/h3-13,20,27H,1-2H3. The number of Topliss-reactive ketones (excluding diaryl/α,β-unsaturated/α-hetero) is 1. The summed E-state index contributed by atoms with van der Waals surface area (Å²) < 4.78 is 9.93. The molecule has 1 N–H and O–H groups in total. The van der Waals surface area contributed by atoms with Gasteiger partial charge in [-0.2, -0.15) is 0 Å². The van der Waals surface area contributed by atoms with Gasteiger partial charge in [-0.15, -0.1) is 11.3 Å². The maximum absolute atomic E-state index is 13.3. The highest BCUT2D eigenvalue weighted by molar-refractivity contribution is 7.12. The Morgan fingerprint density at radius 1 is 1.00 bits per heavy atom. The minimum absolute atomic E-state index is 0.000314. The number of hydrogen-bond acceptors (Lipinski definition) is 7. The van der Waals surface area contributed by atoms with Crippen molar-refractivity contribution in [1.29, 1.82) is 0 Å². The van der Waals surface area contributed by atoms with Gasteiger partial charge >= 0.3 is 5.97 Å². The summed E-state index contributed by atoms with van der Waals surface area (Å²) in [5.41, 5.74) is 1.36. The molecular formula is C24H19NO6S. The van der Waals surface area contributed by atoms with E-state index in [0.29, 0.717) is 27.4 Å². The van der Waals surface area contributed by atoms with Crippen molar-refractivity contribution in [1.82, 2.24) is 0 Å². The van der Waals surface area contributed by atoms with Gasteiger partial charge in [-0.3, -0.25) is 14.5 Å². The summed E-state index contributed by atoms with van der Waals surface area (Å²) in [6, 6.07) is 15.7. The number of nitrogens with zero attached hydrogens (tertiary/aromatic N) is 1. The highest BCUT2D eigenvalue weighted by atomic mass is 32.1. The minimum Gasteiger partial charge on any atom is -0.503 e. The Bertz CT molecular complexity index is 1200. The number of ketones is 1. The van der Waals surface area contributed by atoms with E-state index in [2.05, 4.69) is 0 Å². The molecule has 1 unspecified atom stereocenters. The van der Waals surface area contributed by atoms with E-state index in [1.54, 1.807) is 61.0 Å². The molecule has 7 nitrogen and oxygen atoms in total. The molecule has 8 heteroatoms. The zero-order chi connectivity index (χ0) is 22.8. The summed E-state index contributed by atoms with van der Waals surface area (Å²) in [5, 5.41) is 12.5. The molecule has 1 aromatic heterocycles. The molecule has 2 heterocycles. The van der Waals surface area contributed by atoms with Crippen LogP contribution in [0, 0.1) is 0 Å². The number of amides is 1. The molecule has 0 spiro atoms. The lowest BCUT2D eigenvalue weighted by Gasteiger charge is -2.27. The van der Waals surface area contributed by atoms with Gasteiger partial charge in [0, 0.05) is 5.69 Å². The number of thiophene rings is 1. The molecular weight excluding hydrogens is 430 g/mol. The van der Waals surface area contributed by atoms with Crippen molar-refractivity contribution in [2.75, 3.05) is 19.1 Å². The fourth-order valence-corrected chi connectivity index (χ4v) is 4.30. The van der Waals surface area contributed by atoms with E-state index in [0.717, 1.165) is 0 Å². The van der Waals surface area contributed by atoms with Crippen LogP contribution in [0.3, 0.4) is 0 Å². The maximum Gasteiger partial charge on any atom is 0.337 e. The number of anilines is 1. The van der Waals surface area contributed by atoms with Gasteiger partial charge < -0.3 is 14.6 Å². The molecule has 0 saturated heterocycles. The molecule has 3 aromatic rings. The Kier molecular flexibility index (Phi) is 5.79. The number of esters is 1. The van der Waals surface area contributed by atoms with Crippen molar-refractivity contribution >= 4 is 34.7 Å². The Morgan fingerprint density at radius 3 is 2.25 bits per heavy atom. The average molecular weight is 449 g/mol. The number of carbonyl (C=O) groups excluding carboxylic acids is 3. The molecule has 1 amide bonds. The maximum atomic E-state index is 13.3. The lowest BCUT2D eigenvalue weighted by Crippen LogP contribution is -2.31. The van der Waals surface area contributed by atoms with Crippen molar-refractivity contribution in [3.63, 3.8) is 0 Å². The third kappa shape index (κ3) is 3.65. The number of methoxy groups -OCH3 is 2. The van der Waals surface area contributed by atoms with Crippen molar-refractivity contribution in [3.05, 3.63) is 93.4 Å². The second kappa shape index (κ2) is 8.68. The van der Waals surface area contributed by atoms with Crippen molar-refractivity contribution in [2.24, 2.45) is 0 Å². The molecule has 0 fully saturated rings. The van der Waals surface area contributed by atoms with Gasteiger partial charge in [0.2, 0.25) is 5.78 Å². The van der Waals surface area contributed by atoms with E-state index in [-0.39, 0.29) is 5.57 Å². The van der Waals surface area contributed by atoms with Crippen LogP contribution in [-0.4, -0.2) is 37.0 Å². The molecule has 0 bridgehead atoms. The second-order valence-corrected chi connectivity index (χ2v) is 7.91. The Morgan fingerprint density at radius 2 is 1.69 bits per heavy atom. The van der Waals surface area contributed by atoms with E-state index in [1.807, 2.05) is 0 Å². The average Bonchev–Trinajstić information content (AvgIpc) is 3.46. The first-order valence-corrected chi connectivity index (χ1v) is 10.5. The molecule has 1 aliphatic rings. The van der Waals surface area contributed by atoms with Crippen LogP contribution in [0.2, 0.25) is 0 Å². The lowest BCUT2D eigenvalue weighted by atomic mass is 9.95.